The van der Waals surface area contributed by atoms with E-state index in [1.54, 1.807) is 0 Å². The topological polar surface area (TPSA) is 15.3 Å². The zero-order valence-electron chi connectivity index (χ0n) is 16.5. The van der Waals surface area contributed by atoms with E-state index in [1.807, 2.05) is 0 Å². The highest BCUT2D eigenvalue weighted by Crippen LogP contribution is 2.36. The molecule has 0 bridgehead atoms. The first kappa shape index (κ1) is 19.4. The molecule has 150 valence electrons. The summed E-state index contributed by atoms with van der Waals surface area (Å²) in [5.41, 5.74) is 5.39. The van der Waals surface area contributed by atoms with Crippen molar-refractivity contribution in [3.05, 3.63) is 65.2 Å². The fourth-order valence-electron chi connectivity index (χ4n) is 4.47. The highest BCUT2D eigenvalue weighted by molar-refractivity contribution is 5.45. The van der Waals surface area contributed by atoms with E-state index in [4.69, 9.17) is 0 Å². The van der Waals surface area contributed by atoms with Crippen LogP contribution in [-0.4, -0.2) is 23.9 Å². The molecule has 1 aliphatic heterocycles. The molecule has 2 aromatic carbocycles. The third-order valence-electron chi connectivity index (χ3n) is 6.20. The van der Waals surface area contributed by atoms with Gasteiger partial charge in [-0.25, -0.2) is 8.78 Å². The van der Waals surface area contributed by atoms with Gasteiger partial charge in [0.2, 0.25) is 5.92 Å². The number of benzene rings is 2. The minimum absolute atomic E-state index is 0.0414. The van der Waals surface area contributed by atoms with Gasteiger partial charge in [0.1, 0.15) is 0 Å². The fraction of sp³-hybridized carbons (Fsp3) is 0.500. The second-order valence-electron chi connectivity index (χ2n) is 8.46. The maximum Gasteiger partial charge on any atom is 0.248 e. The van der Waals surface area contributed by atoms with Crippen molar-refractivity contribution in [2.75, 3.05) is 18.4 Å². The summed E-state index contributed by atoms with van der Waals surface area (Å²) in [4.78, 5) is 2.52. The zero-order valence-corrected chi connectivity index (χ0v) is 16.5. The van der Waals surface area contributed by atoms with Crippen molar-refractivity contribution in [3.8, 4) is 0 Å². The molecule has 1 N–H and O–H groups in total. The van der Waals surface area contributed by atoms with Crippen LogP contribution in [0.3, 0.4) is 0 Å². The van der Waals surface area contributed by atoms with Gasteiger partial charge >= 0.3 is 0 Å². The summed E-state index contributed by atoms with van der Waals surface area (Å²) >= 11 is 0. The molecule has 0 atom stereocenters. The number of anilines is 1. The maximum absolute atomic E-state index is 13.3. The number of aryl methyl sites for hydroxylation is 1. The Morgan fingerprint density at radius 2 is 1.68 bits per heavy atom. The molecule has 4 heteroatoms. The van der Waals surface area contributed by atoms with Crippen LogP contribution in [0.2, 0.25) is 0 Å². The quantitative estimate of drug-likeness (QED) is 0.642. The van der Waals surface area contributed by atoms with Crippen LogP contribution in [0.5, 0.6) is 0 Å². The van der Waals surface area contributed by atoms with Crippen LogP contribution in [0.1, 0.15) is 48.8 Å². The molecule has 1 aliphatic carbocycles. The van der Waals surface area contributed by atoms with E-state index in [-0.39, 0.29) is 12.8 Å². The van der Waals surface area contributed by atoms with Crippen LogP contribution < -0.4 is 5.32 Å². The molecule has 0 radical (unpaired) electrons. The van der Waals surface area contributed by atoms with Crippen molar-refractivity contribution in [1.82, 2.24) is 4.90 Å². The van der Waals surface area contributed by atoms with Crippen molar-refractivity contribution in [1.29, 1.82) is 0 Å². The lowest BCUT2D eigenvalue weighted by molar-refractivity contribution is -0.0443. The van der Waals surface area contributed by atoms with E-state index in [0.29, 0.717) is 18.8 Å². The summed E-state index contributed by atoms with van der Waals surface area (Å²) in [6.45, 7) is 4.05. The van der Waals surface area contributed by atoms with Gasteiger partial charge in [-0.05, 0) is 67.0 Å². The van der Waals surface area contributed by atoms with E-state index in [0.717, 1.165) is 44.7 Å². The predicted molar refractivity (Wildman–Crippen MR) is 111 cm³/mol. The fourth-order valence-corrected chi connectivity index (χ4v) is 4.47. The van der Waals surface area contributed by atoms with E-state index >= 15 is 0 Å². The van der Waals surface area contributed by atoms with Crippen molar-refractivity contribution in [2.24, 2.45) is 5.92 Å². The Labute approximate surface area is 166 Å². The van der Waals surface area contributed by atoms with Crippen LogP contribution in [0.4, 0.5) is 14.5 Å². The van der Waals surface area contributed by atoms with Gasteiger partial charge in [-0.3, -0.25) is 4.90 Å². The second kappa shape index (κ2) is 8.60. The van der Waals surface area contributed by atoms with E-state index < -0.39 is 5.92 Å². The maximum atomic E-state index is 13.3. The molecule has 2 nitrogen and oxygen atoms in total. The summed E-state index contributed by atoms with van der Waals surface area (Å²) in [5.74, 6) is -2.08. The summed E-state index contributed by atoms with van der Waals surface area (Å²) in [5, 5.41) is 3.47. The molecule has 1 fully saturated rings. The van der Waals surface area contributed by atoms with Gasteiger partial charge in [0.25, 0.3) is 0 Å². The summed E-state index contributed by atoms with van der Waals surface area (Å²) in [7, 11) is 0. The van der Waals surface area contributed by atoms with E-state index in [1.165, 1.54) is 16.7 Å². The zero-order chi connectivity index (χ0) is 19.4. The molecule has 0 unspecified atom stereocenters. The van der Waals surface area contributed by atoms with Crippen LogP contribution in [0, 0.1) is 5.92 Å². The van der Waals surface area contributed by atoms with Gasteiger partial charge in [-0.15, -0.1) is 0 Å². The minimum Gasteiger partial charge on any atom is -0.385 e. The Kier molecular flexibility index (Phi) is 5.96. The van der Waals surface area contributed by atoms with E-state index in [2.05, 4.69) is 58.7 Å². The molecule has 0 spiro atoms. The number of rotatable bonds is 7. The van der Waals surface area contributed by atoms with Crippen LogP contribution >= 0.6 is 0 Å². The molecule has 0 saturated heterocycles. The molecule has 4 rings (SSSR count). The number of nitrogens with zero attached hydrogens (tertiary/aromatic N) is 1. The van der Waals surface area contributed by atoms with Gasteiger partial charge in [0.05, 0.1) is 0 Å². The average molecular weight is 385 g/mol. The number of halogens is 2. The summed E-state index contributed by atoms with van der Waals surface area (Å²) < 4.78 is 26.6. The normalized spacial score (nSPS) is 19.5. The van der Waals surface area contributed by atoms with E-state index in [9.17, 15) is 8.78 Å². The highest BCUT2D eigenvalue weighted by atomic mass is 19.3. The predicted octanol–water partition coefficient (Wildman–Crippen LogP) is 5.87. The molecule has 2 aromatic rings. The Hall–Kier alpha value is -1.94. The molecular formula is C24H30F2N2. The van der Waals surface area contributed by atoms with Crippen LogP contribution in [0.15, 0.2) is 48.5 Å². The molecule has 1 heterocycles. The van der Waals surface area contributed by atoms with Crippen molar-refractivity contribution >= 4 is 5.69 Å². The number of fused-ring (bicyclic) bond motifs is 1. The molecule has 28 heavy (non-hydrogen) atoms. The number of hydrogen-bond donors (Lipinski definition) is 1. The Bertz CT molecular complexity index is 755. The first-order valence-corrected chi connectivity index (χ1v) is 10.6. The Balaban J connectivity index is 1.20. The lowest BCUT2D eigenvalue weighted by Gasteiger charge is -2.28. The smallest absolute Gasteiger partial charge is 0.248 e. The number of hydrogen-bond acceptors (Lipinski definition) is 2. The van der Waals surface area contributed by atoms with Crippen molar-refractivity contribution in [2.45, 2.75) is 57.5 Å². The van der Waals surface area contributed by atoms with Gasteiger partial charge < -0.3 is 5.32 Å². The Morgan fingerprint density at radius 3 is 2.39 bits per heavy atom. The summed E-state index contributed by atoms with van der Waals surface area (Å²) in [6.07, 6.45) is 3.54. The van der Waals surface area contributed by atoms with Gasteiger partial charge in [-0.1, -0.05) is 36.4 Å². The van der Waals surface area contributed by atoms with Crippen molar-refractivity contribution in [3.63, 3.8) is 0 Å². The third kappa shape index (κ3) is 5.11. The third-order valence-corrected chi connectivity index (χ3v) is 6.20. The second-order valence-corrected chi connectivity index (χ2v) is 8.46. The molecule has 1 saturated carbocycles. The van der Waals surface area contributed by atoms with Gasteiger partial charge in [-0.2, -0.15) is 0 Å². The van der Waals surface area contributed by atoms with Crippen molar-refractivity contribution < 1.29 is 8.78 Å². The monoisotopic (exact) mass is 384 g/mol. The lowest BCUT2D eigenvalue weighted by Crippen LogP contribution is -2.28. The first-order valence-electron chi connectivity index (χ1n) is 10.6. The number of nitrogens with one attached hydrogen (secondary N) is 1. The molecule has 0 aromatic heterocycles. The van der Waals surface area contributed by atoms with Gasteiger partial charge in [0.15, 0.2) is 0 Å². The first-order chi connectivity index (χ1) is 13.6. The Morgan fingerprint density at radius 1 is 0.964 bits per heavy atom. The standard InChI is InChI=1S/C24H30F2N2/c25-24(26)12-10-20(11-13-24)16-27-23-9-3-5-19(15-23)6-4-14-28-17-21-7-1-2-8-22(21)18-28/h1-3,5,7-9,15,20,27H,4,6,10-14,16-18H2. The molecule has 0 amide bonds. The largest absolute Gasteiger partial charge is 0.385 e. The minimum atomic E-state index is -2.44. The molecule has 2 aliphatic rings. The van der Waals surface area contributed by atoms with Crippen LogP contribution in [-0.2, 0) is 19.5 Å². The SMILES string of the molecule is FC1(F)CCC(CNc2cccc(CCCN3Cc4ccccc4C3)c2)CC1. The highest BCUT2D eigenvalue weighted by Gasteiger charge is 2.34. The van der Waals surface area contributed by atoms with Gasteiger partial charge in [0, 0.05) is 38.2 Å². The lowest BCUT2D eigenvalue weighted by atomic mass is 9.87. The summed E-state index contributed by atoms with van der Waals surface area (Å²) in [6, 6.07) is 17.3. The molecular weight excluding hydrogens is 354 g/mol. The average Bonchev–Trinajstić information content (AvgIpc) is 3.10. The number of alkyl halides is 2. The van der Waals surface area contributed by atoms with Crippen LogP contribution in [0.25, 0.3) is 0 Å².